The van der Waals surface area contributed by atoms with Gasteiger partial charge in [-0.15, -0.1) is 12.4 Å². The van der Waals surface area contributed by atoms with Crippen LogP contribution in [0, 0.1) is 12.3 Å². The highest BCUT2D eigenvalue weighted by Gasteiger charge is 2.38. The first kappa shape index (κ1) is 21.9. The van der Waals surface area contributed by atoms with E-state index in [0.29, 0.717) is 39.1 Å². The molecule has 0 unspecified atom stereocenters. The normalized spacial score (nSPS) is 15.8. The number of benzene rings is 1. The number of hydrogen-bond acceptors (Lipinski definition) is 4. The maximum Gasteiger partial charge on any atom is 0.227 e. The van der Waals surface area contributed by atoms with E-state index >= 15 is 0 Å². The summed E-state index contributed by atoms with van der Waals surface area (Å²) in [5.74, 6) is -0.218. The maximum atomic E-state index is 12.4. The molecular weight excluding hydrogens is 410 g/mol. The van der Waals surface area contributed by atoms with E-state index in [4.69, 9.17) is 10.5 Å². The third-order valence-electron chi connectivity index (χ3n) is 4.43. The van der Waals surface area contributed by atoms with Crippen molar-refractivity contribution in [3.63, 3.8) is 0 Å². The van der Waals surface area contributed by atoms with Crippen molar-refractivity contribution in [1.29, 1.82) is 0 Å². The zero-order valence-electron chi connectivity index (χ0n) is 14.3. The smallest absolute Gasteiger partial charge is 0.227 e. The molecule has 0 radical (unpaired) electrons. The van der Waals surface area contributed by atoms with Gasteiger partial charge in [-0.25, -0.2) is 0 Å². The summed E-state index contributed by atoms with van der Waals surface area (Å²) in [7, 11) is 0. The van der Waals surface area contributed by atoms with Gasteiger partial charge in [0, 0.05) is 42.9 Å². The monoisotopic (exact) mass is 433 g/mol. The van der Waals surface area contributed by atoms with Crippen LogP contribution in [-0.4, -0.2) is 38.1 Å². The van der Waals surface area contributed by atoms with Crippen molar-refractivity contribution >= 4 is 45.8 Å². The number of aryl methyl sites for hydroxylation is 1. The molecule has 140 valence electrons. The summed E-state index contributed by atoms with van der Waals surface area (Å²) in [6.45, 7) is 3.62. The van der Waals surface area contributed by atoms with E-state index in [1.807, 2.05) is 25.1 Å². The average molecular weight is 435 g/mol. The molecule has 0 spiro atoms. The Hall–Kier alpha value is -1.15. The van der Waals surface area contributed by atoms with Crippen molar-refractivity contribution in [1.82, 2.24) is 5.32 Å². The Bertz CT molecular complexity index is 607. The fraction of sp³-hybridized carbons (Fsp3) is 0.529. The van der Waals surface area contributed by atoms with Crippen LogP contribution in [0.3, 0.4) is 0 Å². The SMILES string of the molecule is Cc1ccc(Br)cc1NC(=O)CCNC(=O)C1(CN)CCOCC1.Cl. The van der Waals surface area contributed by atoms with Gasteiger partial charge >= 0.3 is 0 Å². The van der Waals surface area contributed by atoms with Gasteiger partial charge in [0.25, 0.3) is 0 Å². The van der Waals surface area contributed by atoms with Gasteiger partial charge < -0.3 is 21.1 Å². The lowest BCUT2D eigenvalue weighted by Crippen LogP contribution is -2.49. The highest BCUT2D eigenvalue weighted by molar-refractivity contribution is 9.10. The maximum absolute atomic E-state index is 12.4. The minimum atomic E-state index is -0.560. The van der Waals surface area contributed by atoms with E-state index in [2.05, 4.69) is 26.6 Å². The molecule has 1 heterocycles. The van der Waals surface area contributed by atoms with Crippen LogP contribution in [0.15, 0.2) is 22.7 Å². The molecule has 8 heteroatoms. The molecule has 0 bridgehead atoms. The second kappa shape index (κ2) is 10.1. The lowest BCUT2D eigenvalue weighted by molar-refractivity contribution is -0.135. The molecule has 1 aliphatic rings. The summed E-state index contributed by atoms with van der Waals surface area (Å²) >= 11 is 3.39. The first-order chi connectivity index (χ1) is 11.5. The summed E-state index contributed by atoms with van der Waals surface area (Å²) in [4.78, 5) is 24.5. The molecule has 0 atom stereocenters. The molecule has 1 aromatic carbocycles. The molecule has 1 aromatic rings. The standard InChI is InChI=1S/C17H24BrN3O3.ClH/c1-12-2-3-13(18)10-14(12)21-15(22)4-7-20-16(23)17(11-19)5-8-24-9-6-17;/h2-3,10H,4-9,11,19H2,1H3,(H,20,23)(H,21,22);1H. The number of carbonyl (C=O) groups excluding carboxylic acids is 2. The van der Waals surface area contributed by atoms with E-state index in [-0.39, 0.29) is 30.6 Å². The van der Waals surface area contributed by atoms with E-state index in [1.54, 1.807) is 0 Å². The topological polar surface area (TPSA) is 93.5 Å². The summed E-state index contributed by atoms with van der Waals surface area (Å²) in [5, 5.41) is 5.71. The Morgan fingerprint density at radius 1 is 1.32 bits per heavy atom. The van der Waals surface area contributed by atoms with Crippen LogP contribution >= 0.6 is 28.3 Å². The van der Waals surface area contributed by atoms with Gasteiger partial charge in [0.2, 0.25) is 11.8 Å². The van der Waals surface area contributed by atoms with Crippen LogP contribution in [-0.2, 0) is 14.3 Å². The molecule has 2 rings (SSSR count). The summed E-state index contributed by atoms with van der Waals surface area (Å²) in [6.07, 6.45) is 1.46. The highest BCUT2D eigenvalue weighted by Crippen LogP contribution is 2.29. The molecule has 1 fully saturated rings. The Morgan fingerprint density at radius 2 is 2.00 bits per heavy atom. The summed E-state index contributed by atoms with van der Waals surface area (Å²) in [6, 6.07) is 5.71. The van der Waals surface area contributed by atoms with Gasteiger partial charge in [-0.05, 0) is 37.5 Å². The molecule has 25 heavy (non-hydrogen) atoms. The molecule has 2 amide bonds. The number of hydrogen-bond donors (Lipinski definition) is 3. The van der Waals surface area contributed by atoms with Crippen molar-refractivity contribution in [3.05, 3.63) is 28.2 Å². The van der Waals surface area contributed by atoms with Gasteiger partial charge in [0.05, 0.1) is 5.41 Å². The molecular formula is C17H25BrClN3O3. The Morgan fingerprint density at radius 3 is 2.64 bits per heavy atom. The lowest BCUT2D eigenvalue weighted by Gasteiger charge is -2.34. The molecule has 4 N–H and O–H groups in total. The van der Waals surface area contributed by atoms with E-state index in [1.165, 1.54) is 0 Å². The average Bonchev–Trinajstić information content (AvgIpc) is 2.58. The van der Waals surface area contributed by atoms with Gasteiger partial charge in [-0.2, -0.15) is 0 Å². The summed E-state index contributed by atoms with van der Waals surface area (Å²) < 4.78 is 6.21. The van der Waals surface area contributed by atoms with Crippen LogP contribution in [0.5, 0.6) is 0 Å². The number of halogens is 2. The van der Waals surface area contributed by atoms with Crippen molar-refractivity contribution in [2.24, 2.45) is 11.1 Å². The third kappa shape index (κ3) is 5.95. The van der Waals surface area contributed by atoms with Gasteiger partial charge in [0.1, 0.15) is 0 Å². The molecule has 0 aromatic heterocycles. The molecule has 0 saturated carbocycles. The number of ether oxygens (including phenoxy) is 1. The van der Waals surface area contributed by atoms with Crippen molar-refractivity contribution in [2.75, 3.05) is 31.6 Å². The fourth-order valence-corrected chi connectivity index (χ4v) is 3.07. The zero-order chi connectivity index (χ0) is 17.6. The van der Waals surface area contributed by atoms with Crippen molar-refractivity contribution in [3.8, 4) is 0 Å². The van der Waals surface area contributed by atoms with Crippen LogP contribution in [0.1, 0.15) is 24.8 Å². The Balaban J connectivity index is 0.00000312. The van der Waals surface area contributed by atoms with Crippen LogP contribution < -0.4 is 16.4 Å². The fourth-order valence-electron chi connectivity index (χ4n) is 2.70. The molecule has 1 saturated heterocycles. The second-order valence-corrected chi connectivity index (χ2v) is 7.03. The quantitative estimate of drug-likeness (QED) is 0.641. The molecule has 6 nitrogen and oxygen atoms in total. The second-order valence-electron chi connectivity index (χ2n) is 6.11. The minimum Gasteiger partial charge on any atom is -0.381 e. The Kier molecular flexibility index (Phi) is 8.85. The van der Waals surface area contributed by atoms with Crippen molar-refractivity contribution in [2.45, 2.75) is 26.2 Å². The Labute approximate surface area is 162 Å². The molecule has 1 aliphatic heterocycles. The number of rotatable bonds is 6. The van der Waals surface area contributed by atoms with E-state index in [0.717, 1.165) is 15.7 Å². The van der Waals surface area contributed by atoms with Crippen LogP contribution in [0.4, 0.5) is 5.69 Å². The number of nitrogens with one attached hydrogen (secondary N) is 2. The van der Waals surface area contributed by atoms with Crippen molar-refractivity contribution < 1.29 is 14.3 Å². The number of carbonyl (C=O) groups is 2. The van der Waals surface area contributed by atoms with Gasteiger partial charge in [-0.3, -0.25) is 9.59 Å². The van der Waals surface area contributed by atoms with Gasteiger partial charge in [0.15, 0.2) is 0 Å². The molecule has 0 aliphatic carbocycles. The predicted molar refractivity (Wildman–Crippen MR) is 104 cm³/mol. The summed E-state index contributed by atoms with van der Waals surface area (Å²) in [5.41, 5.74) is 7.00. The van der Waals surface area contributed by atoms with Crippen LogP contribution in [0.25, 0.3) is 0 Å². The highest BCUT2D eigenvalue weighted by atomic mass is 79.9. The first-order valence-corrected chi connectivity index (χ1v) is 8.88. The third-order valence-corrected chi connectivity index (χ3v) is 4.93. The zero-order valence-corrected chi connectivity index (χ0v) is 16.7. The lowest BCUT2D eigenvalue weighted by atomic mass is 9.79. The van der Waals surface area contributed by atoms with Crippen LogP contribution in [0.2, 0.25) is 0 Å². The largest absolute Gasteiger partial charge is 0.381 e. The number of nitrogens with two attached hydrogens (primary N) is 1. The first-order valence-electron chi connectivity index (χ1n) is 8.09. The number of amides is 2. The van der Waals surface area contributed by atoms with E-state index < -0.39 is 5.41 Å². The predicted octanol–water partition coefficient (Wildman–Crippen LogP) is 2.38. The van der Waals surface area contributed by atoms with E-state index in [9.17, 15) is 9.59 Å². The minimum absolute atomic E-state index is 0. The number of anilines is 1. The van der Waals surface area contributed by atoms with Gasteiger partial charge in [-0.1, -0.05) is 22.0 Å².